The zero-order chi connectivity index (χ0) is 19.8. The van der Waals surface area contributed by atoms with Crippen LogP contribution in [0.4, 0.5) is 10.1 Å². The third-order valence-corrected chi connectivity index (χ3v) is 3.35. The Balaban J connectivity index is 1.99. The molecule has 0 aromatic heterocycles. The van der Waals surface area contributed by atoms with Crippen molar-refractivity contribution in [1.29, 1.82) is 5.26 Å². The van der Waals surface area contributed by atoms with Crippen molar-refractivity contribution in [2.75, 3.05) is 19.0 Å². The summed E-state index contributed by atoms with van der Waals surface area (Å²) >= 11 is 0. The number of methoxy groups -OCH3 is 1. The lowest BCUT2D eigenvalue weighted by atomic mass is 10.2. The lowest BCUT2D eigenvalue weighted by molar-refractivity contribution is -0.118. The molecule has 2 aromatic rings. The maximum atomic E-state index is 12.9. The fraction of sp³-hybridized carbons (Fsp3) is 0.211. The number of ether oxygens (including phenoxy) is 3. The summed E-state index contributed by atoms with van der Waals surface area (Å²) in [6.07, 6.45) is -0.880. The van der Waals surface area contributed by atoms with Crippen LogP contribution in [0.2, 0.25) is 0 Å². The topological polar surface area (TPSA) is 97.7 Å². The van der Waals surface area contributed by atoms with Crippen molar-refractivity contribution < 1.29 is 28.2 Å². The smallest absolute Gasteiger partial charge is 0.339 e. The number of anilines is 1. The molecule has 8 heteroatoms. The Kier molecular flexibility index (Phi) is 6.72. The Morgan fingerprint density at radius 1 is 1.19 bits per heavy atom. The molecule has 140 valence electrons. The van der Waals surface area contributed by atoms with Gasteiger partial charge in [-0.3, -0.25) is 4.79 Å². The summed E-state index contributed by atoms with van der Waals surface area (Å²) in [6, 6.07) is 11.4. The predicted octanol–water partition coefficient (Wildman–Crippen LogP) is 2.92. The molecule has 0 saturated carbocycles. The normalized spacial score (nSPS) is 11.0. The number of carbonyl (C=O) groups is 2. The molecular formula is C19H17FN2O5. The zero-order valence-corrected chi connectivity index (χ0v) is 14.7. The van der Waals surface area contributed by atoms with Crippen molar-refractivity contribution in [3.8, 4) is 17.6 Å². The van der Waals surface area contributed by atoms with E-state index in [1.165, 1.54) is 56.5 Å². The number of hydrogen-bond acceptors (Lipinski definition) is 6. The molecule has 0 radical (unpaired) electrons. The number of rotatable bonds is 7. The Morgan fingerprint density at radius 2 is 1.89 bits per heavy atom. The highest BCUT2D eigenvalue weighted by Crippen LogP contribution is 2.28. The molecule has 27 heavy (non-hydrogen) atoms. The van der Waals surface area contributed by atoms with Crippen LogP contribution in [0.25, 0.3) is 0 Å². The molecule has 1 N–H and O–H groups in total. The molecule has 0 saturated heterocycles. The van der Waals surface area contributed by atoms with E-state index in [9.17, 15) is 14.0 Å². The van der Waals surface area contributed by atoms with Crippen molar-refractivity contribution in [1.82, 2.24) is 0 Å². The van der Waals surface area contributed by atoms with Gasteiger partial charge in [-0.25, -0.2) is 9.18 Å². The first-order valence-corrected chi connectivity index (χ1v) is 7.89. The van der Waals surface area contributed by atoms with Crippen LogP contribution in [0.15, 0.2) is 42.5 Å². The maximum Gasteiger partial charge on any atom is 0.339 e. The second kappa shape index (κ2) is 9.20. The van der Waals surface area contributed by atoms with Crippen LogP contribution < -0.4 is 14.8 Å². The lowest BCUT2D eigenvalue weighted by Crippen LogP contribution is -2.20. The number of nitriles is 1. The predicted molar refractivity (Wildman–Crippen MR) is 94.0 cm³/mol. The molecule has 0 fully saturated rings. The van der Waals surface area contributed by atoms with Crippen molar-refractivity contribution in [2.24, 2.45) is 0 Å². The second-order valence-electron chi connectivity index (χ2n) is 5.39. The van der Waals surface area contributed by atoms with E-state index in [2.05, 4.69) is 5.32 Å². The van der Waals surface area contributed by atoms with Gasteiger partial charge < -0.3 is 19.5 Å². The number of amides is 1. The summed E-state index contributed by atoms with van der Waals surface area (Å²) in [4.78, 5) is 23.9. The highest BCUT2D eigenvalue weighted by molar-refractivity contribution is 5.92. The number of halogens is 1. The Labute approximate surface area is 155 Å². The molecule has 7 nitrogen and oxygen atoms in total. The fourth-order valence-electron chi connectivity index (χ4n) is 2.04. The van der Waals surface area contributed by atoms with Crippen LogP contribution in [0.5, 0.6) is 11.5 Å². The maximum absolute atomic E-state index is 12.9. The van der Waals surface area contributed by atoms with E-state index in [0.717, 1.165) is 0 Å². The van der Waals surface area contributed by atoms with Gasteiger partial charge in [-0.05, 0) is 49.4 Å². The highest BCUT2D eigenvalue weighted by Gasteiger charge is 2.15. The lowest BCUT2D eigenvalue weighted by Gasteiger charge is -2.12. The van der Waals surface area contributed by atoms with E-state index in [1.54, 1.807) is 6.07 Å². The average molecular weight is 372 g/mol. The zero-order valence-electron chi connectivity index (χ0n) is 14.7. The third kappa shape index (κ3) is 5.71. The van der Waals surface area contributed by atoms with Crippen LogP contribution in [0.3, 0.4) is 0 Å². The van der Waals surface area contributed by atoms with E-state index >= 15 is 0 Å². The molecule has 0 aliphatic heterocycles. The Morgan fingerprint density at radius 3 is 2.52 bits per heavy atom. The number of carbonyl (C=O) groups excluding carboxylic acids is 2. The van der Waals surface area contributed by atoms with Crippen molar-refractivity contribution in [3.63, 3.8) is 0 Å². The molecule has 1 amide bonds. The first-order valence-electron chi connectivity index (χ1n) is 7.89. The van der Waals surface area contributed by atoms with Gasteiger partial charge in [0, 0.05) is 5.69 Å². The molecule has 0 aliphatic rings. The summed E-state index contributed by atoms with van der Waals surface area (Å²) in [6.45, 7) is 1.13. The minimum atomic E-state index is -0.880. The molecular weight excluding hydrogens is 355 g/mol. The summed E-state index contributed by atoms with van der Waals surface area (Å²) in [5.74, 6) is -1.06. The summed E-state index contributed by atoms with van der Waals surface area (Å²) in [5, 5.41) is 11.2. The third-order valence-electron chi connectivity index (χ3n) is 3.35. The molecule has 0 heterocycles. The van der Waals surface area contributed by atoms with Crippen molar-refractivity contribution >= 4 is 17.6 Å². The molecule has 0 aliphatic carbocycles. The summed E-state index contributed by atoms with van der Waals surface area (Å²) in [7, 11) is 1.38. The SMILES string of the molecule is COc1cc(C(=O)OC(C)C#N)ccc1OCC(=O)Nc1ccc(F)cc1. The standard InChI is InChI=1S/C19H17FN2O5/c1-12(10-21)27-19(24)13-3-8-16(17(9-13)25-2)26-11-18(23)22-15-6-4-14(20)5-7-15/h3-9,12H,11H2,1-2H3,(H,22,23). The number of esters is 1. The molecule has 0 spiro atoms. The molecule has 1 atom stereocenters. The van der Waals surface area contributed by atoms with E-state index < -0.39 is 23.8 Å². The van der Waals surface area contributed by atoms with E-state index in [-0.39, 0.29) is 23.7 Å². The molecule has 2 aromatic carbocycles. The van der Waals surface area contributed by atoms with E-state index in [1.807, 2.05) is 0 Å². The summed E-state index contributed by atoms with van der Waals surface area (Å²) in [5.41, 5.74) is 0.610. The van der Waals surface area contributed by atoms with Crippen molar-refractivity contribution in [3.05, 3.63) is 53.8 Å². The first kappa shape index (κ1) is 19.7. The molecule has 0 bridgehead atoms. The van der Waals surface area contributed by atoms with E-state index in [0.29, 0.717) is 5.69 Å². The number of nitrogens with one attached hydrogen (secondary N) is 1. The van der Waals surface area contributed by atoms with Crippen LogP contribution in [-0.4, -0.2) is 31.7 Å². The second-order valence-corrected chi connectivity index (χ2v) is 5.39. The minimum Gasteiger partial charge on any atom is -0.493 e. The monoisotopic (exact) mass is 372 g/mol. The van der Waals surface area contributed by atoms with Gasteiger partial charge in [-0.15, -0.1) is 0 Å². The summed E-state index contributed by atoms with van der Waals surface area (Å²) < 4.78 is 28.3. The van der Waals surface area contributed by atoms with Gasteiger partial charge in [0.1, 0.15) is 11.9 Å². The van der Waals surface area contributed by atoms with Crippen LogP contribution >= 0.6 is 0 Å². The van der Waals surface area contributed by atoms with Gasteiger partial charge in [-0.1, -0.05) is 0 Å². The average Bonchev–Trinajstić information content (AvgIpc) is 2.67. The largest absolute Gasteiger partial charge is 0.493 e. The molecule has 2 rings (SSSR count). The Hall–Kier alpha value is -3.60. The van der Waals surface area contributed by atoms with Gasteiger partial charge in [0.05, 0.1) is 12.7 Å². The fourth-order valence-corrected chi connectivity index (χ4v) is 2.04. The minimum absolute atomic E-state index is 0.178. The number of benzene rings is 2. The van der Waals surface area contributed by atoms with E-state index in [4.69, 9.17) is 19.5 Å². The van der Waals surface area contributed by atoms with Gasteiger partial charge in [-0.2, -0.15) is 5.26 Å². The molecule has 1 unspecified atom stereocenters. The van der Waals surface area contributed by atoms with Crippen LogP contribution in [0.1, 0.15) is 17.3 Å². The van der Waals surface area contributed by atoms with Gasteiger partial charge in [0.25, 0.3) is 5.91 Å². The number of hydrogen-bond donors (Lipinski definition) is 1. The first-order chi connectivity index (χ1) is 12.9. The van der Waals surface area contributed by atoms with Gasteiger partial charge >= 0.3 is 5.97 Å². The van der Waals surface area contributed by atoms with Gasteiger partial charge in [0.2, 0.25) is 0 Å². The van der Waals surface area contributed by atoms with Crippen LogP contribution in [-0.2, 0) is 9.53 Å². The van der Waals surface area contributed by atoms with Gasteiger partial charge in [0.15, 0.2) is 24.2 Å². The van der Waals surface area contributed by atoms with Crippen LogP contribution in [0, 0.1) is 17.1 Å². The Bertz CT molecular complexity index is 861. The highest BCUT2D eigenvalue weighted by atomic mass is 19.1. The van der Waals surface area contributed by atoms with Crippen molar-refractivity contribution in [2.45, 2.75) is 13.0 Å². The quantitative estimate of drug-likeness (QED) is 0.751. The number of nitrogens with zero attached hydrogens (tertiary/aromatic N) is 1.